The van der Waals surface area contributed by atoms with Crippen molar-refractivity contribution in [3.8, 4) is 11.5 Å². The van der Waals surface area contributed by atoms with Crippen molar-refractivity contribution in [2.75, 3.05) is 60.6 Å². The molecule has 27 heavy (non-hydrogen) atoms. The first-order valence-electron chi connectivity index (χ1n) is 8.80. The molecule has 2 rings (SSSR count). The summed E-state index contributed by atoms with van der Waals surface area (Å²) in [5.74, 6) is 1.11. The SMILES string of the molecule is COC(=O)N1CCN(CCNC(=O)/C=C/c2ccc(OC)c(OC)c2)CC1. The van der Waals surface area contributed by atoms with E-state index in [9.17, 15) is 9.59 Å². The fourth-order valence-electron chi connectivity index (χ4n) is 2.81. The fourth-order valence-corrected chi connectivity index (χ4v) is 2.81. The number of nitrogens with zero attached hydrogens (tertiary/aromatic N) is 2. The number of benzene rings is 1. The second-order valence-corrected chi connectivity index (χ2v) is 6.04. The molecule has 1 aliphatic heterocycles. The molecule has 0 saturated carbocycles. The second kappa shape index (κ2) is 10.4. The number of carbonyl (C=O) groups is 2. The van der Waals surface area contributed by atoms with E-state index >= 15 is 0 Å². The van der Waals surface area contributed by atoms with Crippen LogP contribution in [0.2, 0.25) is 0 Å². The molecule has 1 heterocycles. The molecule has 0 bridgehead atoms. The molecule has 0 radical (unpaired) electrons. The molecule has 0 spiro atoms. The van der Waals surface area contributed by atoms with Crippen LogP contribution in [0.3, 0.4) is 0 Å². The van der Waals surface area contributed by atoms with Crippen molar-refractivity contribution in [1.29, 1.82) is 0 Å². The highest BCUT2D eigenvalue weighted by Crippen LogP contribution is 2.27. The van der Waals surface area contributed by atoms with E-state index in [1.807, 2.05) is 12.1 Å². The zero-order valence-corrected chi connectivity index (χ0v) is 16.1. The molecule has 0 aliphatic carbocycles. The number of carbonyl (C=O) groups excluding carboxylic acids is 2. The predicted octanol–water partition coefficient (Wildman–Crippen LogP) is 1.22. The van der Waals surface area contributed by atoms with Gasteiger partial charge in [-0.3, -0.25) is 9.69 Å². The molecule has 8 nitrogen and oxygen atoms in total. The highest BCUT2D eigenvalue weighted by atomic mass is 16.5. The third-order valence-corrected chi connectivity index (χ3v) is 4.37. The number of rotatable bonds is 7. The van der Waals surface area contributed by atoms with Crippen molar-refractivity contribution in [1.82, 2.24) is 15.1 Å². The average molecular weight is 377 g/mol. The smallest absolute Gasteiger partial charge is 0.409 e. The Balaban J connectivity index is 1.72. The standard InChI is InChI=1S/C19H27N3O5/c1-25-16-6-4-15(14-17(16)26-2)5-7-18(23)20-8-9-21-10-12-22(13-11-21)19(24)27-3/h4-7,14H,8-13H2,1-3H3,(H,20,23)/b7-5+. The molecule has 0 atom stereocenters. The van der Waals surface area contributed by atoms with Crippen molar-refractivity contribution < 1.29 is 23.8 Å². The monoisotopic (exact) mass is 377 g/mol. The van der Waals surface area contributed by atoms with Crippen LogP contribution in [0.1, 0.15) is 5.56 Å². The molecule has 1 aliphatic rings. The Hall–Kier alpha value is -2.74. The van der Waals surface area contributed by atoms with E-state index in [0.717, 1.165) is 25.2 Å². The molecular weight excluding hydrogens is 350 g/mol. The Morgan fingerprint density at radius 3 is 2.41 bits per heavy atom. The van der Waals surface area contributed by atoms with E-state index in [1.165, 1.54) is 13.2 Å². The summed E-state index contributed by atoms with van der Waals surface area (Å²) in [4.78, 5) is 27.3. The molecule has 0 aromatic heterocycles. The van der Waals surface area contributed by atoms with Crippen LogP contribution in [0.15, 0.2) is 24.3 Å². The van der Waals surface area contributed by atoms with Gasteiger partial charge in [-0.15, -0.1) is 0 Å². The highest BCUT2D eigenvalue weighted by Gasteiger charge is 2.20. The average Bonchev–Trinajstić information content (AvgIpc) is 2.71. The summed E-state index contributed by atoms with van der Waals surface area (Å²) in [6.07, 6.45) is 2.94. The molecule has 1 saturated heterocycles. The minimum absolute atomic E-state index is 0.155. The van der Waals surface area contributed by atoms with E-state index in [1.54, 1.807) is 31.3 Å². The van der Waals surface area contributed by atoms with Gasteiger partial charge in [0.05, 0.1) is 21.3 Å². The van der Waals surface area contributed by atoms with Gasteiger partial charge in [0.2, 0.25) is 5.91 Å². The van der Waals surface area contributed by atoms with Crippen LogP contribution < -0.4 is 14.8 Å². The van der Waals surface area contributed by atoms with Gasteiger partial charge in [0.25, 0.3) is 0 Å². The van der Waals surface area contributed by atoms with E-state index < -0.39 is 0 Å². The molecule has 1 aromatic rings. The second-order valence-electron chi connectivity index (χ2n) is 6.04. The van der Waals surface area contributed by atoms with Crippen molar-refractivity contribution in [2.24, 2.45) is 0 Å². The van der Waals surface area contributed by atoms with Crippen LogP contribution >= 0.6 is 0 Å². The fraction of sp³-hybridized carbons (Fsp3) is 0.474. The van der Waals surface area contributed by atoms with Gasteiger partial charge in [0, 0.05) is 45.3 Å². The van der Waals surface area contributed by atoms with E-state index in [4.69, 9.17) is 14.2 Å². The first-order chi connectivity index (χ1) is 13.1. The Labute approximate surface area is 159 Å². The molecule has 0 unspecified atom stereocenters. The maximum absolute atomic E-state index is 12.0. The summed E-state index contributed by atoms with van der Waals surface area (Å²) in [5, 5.41) is 2.87. The van der Waals surface area contributed by atoms with Crippen LogP contribution in [0.5, 0.6) is 11.5 Å². The molecule has 8 heteroatoms. The van der Waals surface area contributed by atoms with E-state index in [0.29, 0.717) is 31.1 Å². The summed E-state index contributed by atoms with van der Waals surface area (Å²) in [6, 6.07) is 5.46. The topological polar surface area (TPSA) is 80.3 Å². The van der Waals surface area contributed by atoms with Crippen LogP contribution in [-0.4, -0.2) is 82.4 Å². The first kappa shape index (κ1) is 20.6. The van der Waals surface area contributed by atoms with Gasteiger partial charge < -0.3 is 24.4 Å². The lowest BCUT2D eigenvalue weighted by Crippen LogP contribution is -2.50. The van der Waals surface area contributed by atoms with Crippen molar-refractivity contribution >= 4 is 18.1 Å². The zero-order chi connectivity index (χ0) is 19.6. The molecule has 1 aromatic carbocycles. The summed E-state index contributed by atoms with van der Waals surface area (Å²) < 4.78 is 15.2. The minimum Gasteiger partial charge on any atom is -0.493 e. The lowest BCUT2D eigenvalue weighted by Gasteiger charge is -2.33. The number of hydrogen-bond acceptors (Lipinski definition) is 6. The quantitative estimate of drug-likeness (QED) is 0.720. The first-order valence-corrected chi connectivity index (χ1v) is 8.80. The number of ether oxygens (including phenoxy) is 3. The largest absolute Gasteiger partial charge is 0.493 e. The van der Waals surface area contributed by atoms with Crippen molar-refractivity contribution in [3.63, 3.8) is 0 Å². The summed E-state index contributed by atoms with van der Waals surface area (Å²) in [7, 11) is 4.54. The van der Waals surface area contributed by atoms with Crippen molar-refractivity contribution in [2.45, 2.75) is 0 Å². The van der Waals surface area contributed by atoms with Gasteiger partial charge in [0.15, 0.2) is 11.5 Å². The van der Waals surface area contributed by atoms with E-state index in [-0.39, 0.29) is 12.0 Å². The number of amides is 2. The summed E-state index contributed by atoms with van der Waals surface area (Å²) in [6.45, 7) is 4.11. The molecule has 1 N–H and O–H groups in total. The lowest BCUT2D eigenvalue weighted by atomic mass is 10.2. The molecule has 148 valence electrons. The summed E-state index contributed by atoms with van der Waals surface area (Å²) >= 11 is 0. The van der Waals surface area contributed by atoms with Crippen LogP contribution in [-0.2, 0) is 9.53 Å². The minimum atomic E-state index is -0.289. The van der Waals surface area contributed by atoms with Crippen LogP contribution in [0, 0.1) is 0 Å². The zero-order valence-electron chi connectivity index (χ0n) is 16.1. The predicted molar refractivity (Wildman–Crippen MR) is 102 cm³/mol. The maximum Gasteiger partial charge on any atom is 0.409 e. The van der Waals surface area contributed by atoms with Crippen LogP contribution in [0.25, 0.3) is 6.08 Å². The molecule has 2 amide bonds. The molecular formula is C19H27N3O5. The number of hydrogen-bond donors (Lipinski definition) is 1. The Morgan fingerprint density at radius 1 is 1.07 bits per heavy atom. The van der Waals surface area contributed by atoms with Gasteiger partial charge in [-0.05, 0) is 23.8 Å². The number of piperazine rings is 1. The van der Waals surface area contributed by atoms with E-state index in [2.05, 4.69) is 10.2 Å². The van der Waals surface area contributed by atoms with Gasteiger partial charge in [-0.1, -0.05) is 6.07 Å². The lowest BCUT2D eigenvalue weighted by molar-refractivity contribution is -0.116. The van der Waals surface area contributed by atoms with Gasteiger partial charge in [-0.2, -0.15) is 0 Å². The van der Waals surface area contributed by atoms with Gasteiger partial charge >= 0.3 is 6.09 Å². The third kappa shape index (κ3) is 6.18. The maximum atomic E-state index is 12.0. The summed E-state index contributed by atoms with van der Waals surface area (Å²) in [5.41, 5.74) is 0.849. The Kier molecular flexibility index (Phi) is 7.94. The normalized spacial score (nSPS) is 14.9. The van der Waals surface area contributed by atoms with Crippen molar-refractivity contribution in [3.05, 3.63) is 29.8 Å². The number of methoxy groups -OCH3 is 3. The molecule has 1 fully saturated rings. The number of nitrogens with one attached hydrogen (secondary N) is 1. The Morgan fingerprint density at radius 2 is 1.78 bits per heavy atom. The highest BCUT2D eigenvalue weighted by molar-refractivity contribution is 5.91. The third-order valence-electron chi connectivity index (χ3n) is 4.37. The van der Waals surface area contributed by atoms with Crippen LogP contribution in [0.4, 0.5) is 4.79 Å². The Bertz CT molecular complexity index is 669. The van der Waals surface area contributed by atoms with Gasteiger partial charge in [0.1, 0.15) is 0 Å². The van der Waals surface area contributed by atoms with Gasteiger partial charge in [-0.25, -0.2) is 4.79 Å².